The van der Waals surface area contributed by atoms with Gasteiger partial charge in [0, 0.05) is 0 Å². The minimum atomic E-state index is -0.0920. The minimum Gasteiger partial charge on any atom is -0.364 e. The summed E-state index contributed by atoms with van der Waals surface area (Å²) in [6, 6.07) is 0. The van der Waals surface area contributed by atoms with Gasteiger partial charge in [0.15, 0.2) is 0 Å². The number of ether oxygens (including phenoxy) is 2. The standard InChI is InChI=1S/C9H17NO2/c1-4-9(3)10-7-11-5-8(10,2)6-12-9/h4-7H2,1-3H3. The first-order valence-electron chi connectivity index (χ1n) is 4.60. The van der Waals surface area contributed by atoms with Crippen LogP contribution in [0.3, 0.4) is 0 Å². The molecular weight excluding hydrogens is 154 g/mol. The Kier molecular flexibility index (Phi) is 1.72. The van der Waals surface area contributed by atoms with E-state index in [2.05, 4.69) is 25.7 Å². The Hall–Kier alpha value is -0.120. The second-order valence-electron chi connectivity index (χ2n) is 4.22. The van der Waals surface area contributed by atoms with Crippen molar-refractivity contribution in [3.8, 4) is 0 Å². The maximum absolute atomic E-state index is 5.81. The highest BCUT2D eigenvalue weighted by atomic mass is 16.6. The summed E-state index contributed by atoms with van der Waals surface area (Å²) in [6.45, 7) is 8.85. The van der Waals surface area contributed by atoms with Gasteiger partial charge >= 0.3 is 0 Å². The molecule has 0 radical (unpaired) electrons. The second-order valence-corrected chi connectivity index (χ2v) is 4.22. The molecule has 2 aliphatic rings. The van der Waals surface area contributed by atoms with Crippen LogP contribution >= 0.6 is 0 Å². The van der Waals surface area contributed by atoms with Crippen molar-refractivity contribution in [2.45, 2.75) is 38.5 Å². The third-order valence-electron chi connectivity index (χ3n) is 3.21. The van der Waals surface area contributed by atoms with Crippen LogP contribution in [-0.2, 0) is 9.47 Å². The van der Waals surface area contributed by atoms with Crippen molar-refractivity contribution in [1.82, 2.24) is 4.90 Å². The van der Waals surface area contributed by atoms with E-state index in [-0.39, 0.29) is 11.3 Å². The van der Waals surface area contributed by atoms with Gasteiger partial charge in [0.1, 0.15) is 12.5 Å². The lowest BCUT2D eigenvalue weighted by atomic mass is 10.0. The number of nitrogens with zero attached hydrogens (tertiary/aromatic N) is 1. The van der Waals surface area contributed by atoms with Gasteiger partial charge in [-0.2, -0.15) is 0 Å². The van der Waals surface area contributed by atoms with Crippen LogP contribution in [0, 0.1) is 0 Å². The fraction of sp³-hybridized carbons (Fsp3) is 1.00. The Morgan fingerprint density at radius 1 is 1.33 bits per heavy atom. The van der Waals surface area contributed by atoms with Crippen molar-refractivity contribution in [1.29, 1.82) is 0 Å². The van der Waals surface area contributed by atoms with Gasteiger partial charge in [-0.3, -0.25) is 0 Å². The predicted octanol–water partition coefficient (Wildman–Crippen LogP) is 1.19. The molecule has 0 bridgehead atoms. The molecule has 2 rings (SSSR count). The number of fused-ring (bicyclic) bond motifs is 1. The van der Waals surface area contributed by atoms with E-state index in [0.717, 1.165) is 26.4 Å². The number of rotatable bonds is 1. The molecule has 2 atom stereocenters. The van der Waals surface area contributed by atoms with E-state index in [1.54, 1.807) is 0 Å². The third kappa shape index (κ3) is 0.934. The zero-order chi connectivity index (χ0) is 8.82. The molecule has 0 amide bonds. The van der Waals surface area contributed by atoms with Crippen LogP contribution in [0.2, 0.25) is 0 Å². The van der Waals surface area contributed by atoms with E-state index >= 15 is 0 Å². The Balaban J connectivity index is 2.24. The average Bonchev–Trinajstić information content (AvgIpc) is 2.53. The lowest BCUT2D eigenvalue weighted by Gasteiger charge is -2.34. The Morgan fingerprint density at radius 2 is 2.08 bits per heavy atom. The smallest absolute Gasteiger partial charge is 0.121 e. The highest BCUT2D eigenvalue weighted by molar-refractivity contribution is 4.99. The topological polar surface area (TPSA) is 21.7 Å². The molecule has 3 nitrogen and oxygen atoms in total. The molecule has 2 heterocycles. The monoisotopic (exact) mass is 171 g/mol. The summed E-state index contributed by atoms with van der Waals surface area (Å²) in [6.07, 6.45) is 1.02. The molecule has 70 valence electrons. The maximum atomic E-state index is 5.81. The molecule has 2 unspecified atom stereocenters. The van der Waals surface area contributed by atoms with E-state index < -0.39 is 0 Å². The molecule has 12 heavy (non-hydrogen) atoms. The van der Waals surface area contributed by atoms with Crippen LogP contribution < -0.4 is 0 Å². The van der Waals surface area contributed by atoms with Crippen LogP contribution in [0.4, 0.5) is 0 Å². The lowest BCUT2D eigenvalue weighted by molar-refractivity contribution is -0.0918. The van der Waals surface area contributed by atoms with Crippen LogP contribution in [0.25, 0.3) is 0 Å². The normalized spacial score (nSPS) is 48.2. The highest BCUT2D eigenvalue weighted by Crippen LogP contribution is 2.40. The molecule has 2 saturated heterocycles. The van der Waals surface area contributed by atoms with Gasteiger partial charge in [-0.1, -0.05) is 6.92 Å². The van der Waals surface area contributed by atoms with Crippen LogP contribution in [0.15, 0.2) is 0 Å². The largest absolute Gasteiger partial charge is 0.364 e. The van der Waals surface area contributed by atoms with Crippen molar-refractivity contribution in [3.63, 3.8) is 0 Å². The molecular formula is C9H17NO2. The van der Waals surface area contributed by atoms with E-state index in [4.69, 9.17) is 9.47 Å². The molecule has 0 spiro atoms. The van der Waals surface area contributed by atoms with Gasteiger partial charge in [-0.15, -0.1) is 0 Å². The summed E-state index contributed by atoms with van der Waals surface area (Å²) in [5.41, 5.74) is 0.0377. The fourth-order valence-corrected chi connectivity index (χ4v) is 2.10. The Bertz CT molecular complexity index is 197. The second kappa shape index (κ2) is 2.44. The molecule has 2 fully saturated rings. The zero-order valence-corrected chi connectivity index (χ0v) is 8.09. The van der Waals surface area contributed by atoms with Gasteiger partial charge in [0.25, 0.3) is 0 Å². The van der Waals surface area contributed by atoms with E-state index in [1.807, 2.05) is 0 Å². The Morgan fingerprint density at radius 3 is 2.75 bits per heavy atom. The third-order valence-corrected chi connectivity index (χ3v) is 3.21. The van der Waals surface area contributed by atoms with E-state index in [0.29, 0.717) is 0 Å². The number of hydrogen-bond acceptors (Lipinski definition) is 3. The van der Waals surface area contributed by atoms with Gasteiger partial charge in [-0.25, -0.2) is 4.90 Å². The quantitative estimate of drug-likeness (QED) is 0.591. The predicted molar refractivity (Wildman–Crippen MR) is 45.7 cm³/mol. The van der Waals surface area contributed by atoms with Crippen molar-refractivity contribution < 1.29 is 9.47 Å². The van der Waals surface area contributed by atoms with Gasteiger partial charge in [-0.05, 0) is 20.3 Å². The van der Waals surface area contributed by atoms with E-state index in [1.165, 1.54) is 0 Å². The number of hydrogen-bond donors (Lipinski definition) is 0. The van der Waals surface area contributed by atoms with Crippen molar-refractivity contribution in [3.05, 3.63) is 0 Å². The SMILES string of the molecule is CCC1(C)OCC2(C)COCN21. The van der Waals surface area contributed by atoms with E-state index in [9.17, 15) is 0 Å². The van der Waals surface area contributed by atoms with Gasteiger partial charge in [0.05, 0.1) is 18.8 Å². The fourth-order valence-electron chi connectivity index (χ4n) is 2.10. The first kappa shape index (κ1) is 8.48. The lowest BCUT2D eigenvalue weighted by Crippen LogP contribution is -2.48. The molecule has 0 aromatic heterocycles. The van der Waals surface area contributed by atoms with Crippen molar-refractivity contribution in [2.75, 3.05) is 19.9 Å². The molecule has 3 heteroatoms. The minimum absolute atomic E-state index is 0.0920. The van der Waals surface area contributed by atoms with Crippen molar-refractivity contribution >= 4 is 0 Å². The summed E-state index contributed by atoms with van der Waals surface area (Å²) in [5.74, 6) is 0. The maximum Gasteiger partial charge on any atom is 0.121 e. The summed E-state index contributed by atoms with van der Waals surface area (Å²) >= 11 is 0. The summed E-state index contributed by atoms with van der Waals surface area (Å²) in [5, 5.41) is 0. The molecule has 2 aliphatic heterocycles. The van der Waals surface area contributed by atoms with Crippen LogP contribution in [-0.4, -0.2) is 36.1 Å². The van der Waals surface area contributed by atoms with Crippen LogP contribution in [0.5, 0.6) is 0 Å². The zero-order valence-electron chi connectivity index (χ0n) is 8.09. The van der Waals surface area contributed by atoms with Crippen molar-refractivity contribution in [2.24, 2.45) is 0 Å². The van der Waals surface area contributed by atoms with Crippen LogP contribution in [0.1, 0.15) is 27.2 Å². The molecule has 0 N–H and O–H groups in total. The first-order chi connectivity index (χ1) is 5.61. The Labute approximate surface area is 73.6 Å². The summed E-state index contributed by atoms with van der Waals surface area (Å²) in [4.78, 5) is 2.33. The average molecular weight is 171 g/mol. The highest BCUT2D eigenvalue weighted by Gasteiger charge is 2.53. The van der Waals surface area contributed by atoms with Gasteiger partial charge < -0.3 is 9.47 Å². The van der Waals surface area contributed by atoms with Gasteiger partial charge in [0.2, 0.25) is 0 Å². The summed E-state index contributed by atoms with van der Waals surface area (Å²) < 4.78 is 11.3. The molecule has 0 aliphatic carbocycles. The molecule has 0 aromatic rings. The molecule has 0 saturated carbocycles. The summed E-state index contributed by atoms with van der Waals surface area (Å²) in [7, 11) is 0. The first-order valence-corrected chi connectivity index (χ1v) is 4.60. The molecule has 0 aromatic carbocycles.